The maximum atomic E-state index is 13.3. The lowest BCUT2D eigenvalue weighted by molar-refractivity contribution is 0.0280. The summed E-state index contributed by atoms with van der Waals surface area (Å²) in [7, 11) is 1.56. The van der Waals surface area contributed by atoms with E-state index in [1.807, 2.05) is 47.1 Å². The molecular weight excluding hydrogens is 454 g/mol. The minimum absolute atomic E-state index is 0.313. The summed E-state index contributed by atoms with van der Waals surface area (Å²) in [5.74, 6) is -0.255. The monoisotopic (exact) mass is 477 g/mol. The van der Waals surface area contributed by atoms with E-state index in [1.54, 1.807) is 67.8 Å². The van der Waals surface area contributed by atoms with Crippen molar-refractivity contribution in [2.45, 2.75) is 12.6 Å². The van der Waals surface area contributed by atoms with Crippen LogP contribution in [0.3, 0.4) is 0 Å². The molecule has 1 atom stereocenters. The molecule has 5 aromatic rings. The number of para-hydroxylation sites is 1. The zero-order valence-corrected chi connectivity index (χ0v) is 19.6. The summed E-state index contributed by atoms with van der Waals surface area (Å²) < 4.78 is 12.7. The van der Waals surface area contributed by atoms with Gasteiger partial charge in [-0.2, -0.15) is 0 Å². The molecule has 4 aromatic carbocycles. The first kappa shape index (κ1) is 23.0. The molecule has 7 heteroatoms. The SMILES string of the molecule is COc1ccc(C(=O)[C@H](OC(=O)c2ccc(Cn3nnc4ccccc43)cc2)c2ccccc2)cc1. The zero-order valence-electron chi connectivity index (χ0n) is 19.6. The van der Waals surface area contributed by atoms with Crippen molar-refractivity contribution in [2.75, 3.05) is 7.11 Å². The van der Waals surface area contributed by atoms with E-state index >= 15 is 0 Å². The van der Waals surface area contributed by atoms with Gasteiger partial charge in [0, 0.05) is 11.1 Å². The van der Waals surface area contributed by atoms with E-state index in [2.05, 4.69) is 10.3 Å². The predicted molar refractivity (Wildman–Crippen MR) is 135 cm³/mol. The minimum Gasteiger partial charge on any atom is -0.497 e. The van der Waals surface area contributed by atoms with E-state index in [9.17, 15) is 9.59 Å². The normalized spacial score (nSPS) is 11.7. The second kappa shape index (κ2) is 10.2. The lowest BCUT2D eigenvalue weighted by atomic mass is 9.99. The van der Waals surface area contributed by atoms with Gasteiger partial charge < -0.3 is 9.47 Å². The molecule has 1 heterocycles. The number of Topliss-reactive ketones (excluding diaryl/α,β-unsaturated/α-hetero) is 1. The van der Waals surface area contributed by atoms with Crippen LogP contribution in [0, 0.1) is 0 Å². The number of benzene rings is 4. The molecule has 0 aliphatic carbocycles. The molecule has 36 heavy (non-hydrogen) atoms. The number of rotatable bonds is 8. The van der Waals surface area contributed by atoms with E-state index < -0.39 is 12.1 Å². The summed E-state index contributed by atoms with van der Waals surface area (Å²) in [6.07, 6.45) is -1.08. The molecule has 0 unspecified atom stereocenters. The van der Waals surface area contributed by atoms with E-state index in [0.29, 0.717) is 29.0 Å². The molecule has 5 rings (SSSR count). The van der Waals surface area contributed by atoms with Gasteiger partial charge >= 0.3 is 5.97 Å². The highest BCUT2D eigenvalue weighted by Crippen LogP contribution is 2.25. The Morgan fingerprint density at radius 2 is 1.47 bits per heavy atom. The van der Waals surface area contributed by atoms with E-state index in [1.165, 1.54) is 0 Å². The number of carbonyl (C=O) groups is 2. The van der Waals surface area contributed by atoms with Crippen LogP contribution in [0.1, 0.15) is 37.9 Å². The molecule has 0 bridgehead atoms. The largest absolute Gasteiger partial charge is 0.497 e. The van der Waals surface area contributed by atoms with E-state index in [-0.39, 0.29) is 5.78 Å². The predicted octanol–water partition coefficient (Wildman–Crippen LogP) is 5.27. The number of nitrogens with zero attached hydrogens (tertiary/aromatic N) is 3. The Labute approximate surface area is 207 Å². The van der Waals surface area contributed by atoms with Gasteiger partial charge in [0.05, 0.1) is 24.7 Å². The molecule has 178 valence electrons. The molecule has 0 saturated carbocycles. The van der Waals surface area contributed by atoms with Crippen molar-refractivity contribution in [1.29, 1.82) is 0 Å². The van der Waals surface area contributed by atoms with Crippen molar-refractivity contribution in [3.8, 4) is 5.75 Å². The summed E-state index contributed by atoms with van der Waals surface area (Å²) >= 11 is 0. The number of ether oxygens (including phenoxy) is 2. The van der Waals surface area contributed by atoms with Gasteiger partial charge in [0.25, 0.3) is 0 Å². The highest BCUT2D eigenvalue weighted by Gasteiger charge is 2.27. The van der Waals surface area contributed by atoms with Crippen LogP contribution in [0.15, 0.2) is 103 Å². The third kappa shape index (κ3) is 4.86. The Balaban J connectivity index is 1.34. The molecule has 0 saturated heterocycles. The van der Waals surface area contributed by atoms with E-state index in [4.69, 9.17) is 9.47 Å². The van der Waals surface area contributed by atoms with Gasteiger partial charge in [0.1, 0.15) is 11.3 Å². The third-order valence-electron chi connectivity index (χ3n) is 5.88. The number of esters is 1. The number of aromatic nitrogens is 3. The molecule has 0 fully saturated rings. The highest BCUT2D eigenvalue weighted by atomic mass is 16.5. The minimum atomic E-state index is -1.08. The first-order valence-corrected chi connectivity index (χ1v) is 11.4. The van der Waals surface area contributed by atoms with Crippen LogP contribution in [0.2, 0.25) is 0 Å². The number of ketones is 1. The first-order chi connectivity index (χ1) is 17.6. The van der Waals surface area contributed by atoms with Gasteiger partial charge in [-0.25, -0.2) is 9.48 Å². The zero-order chi connectivity index (χ0) is 24.9. The van der Waals surface area contributed by atoms with Crippen molar-refractivity contribution < 1.29 is 19.1 Å². The molecule has 1 aromatic heterocycles. The second-order valence-electron chi connectivity index (χ2n) is 8.22. The summed E-state index contributed by atoms with van der Waals surface area (Å²) in [6, 6.07) is 30.5. The van der Waals surface area contributed by atoms with Crippen molar-refractivity contribution in [2.24, 2.45) is 0 Å². The van der Waals surface area contributed by atoms with Crippen molar-refractivity contribution in [1.82, 2.24) is 15.0 Å². The van der Waals surface area contributed by atoms with Crippen LogP contribution in [-0.4, -0.2) is 33.9 Å². The first-order valence-electron chi connectivity index (χ1n) is 11.4. The quantitative estimate of drug-likeness (QED) is 0.224. The number of fused-ring (bicyclic) bond motifs is 1. The molecular formula is C29H23N3O4. The topological polar surface area (TPSA) is 83.3 Å². The van der Waals surface area contributed by atoms with Gasteiger partial charge in [-0.15, -0.1) is 5.10 Å². The van der Waals surface area contributed by atoms with Crippen LogP contribution in [0.25, 0.3) is 11.0 Å². The molecule has 0 radical (unpaired) electrons. The Hall–Kier alpha value is -4.78. The summed E-state index contributed by atoms with van der Waals surface area (Å²) in [5, 5.41) is 8.38. The van der Waals surface area contributed by atoms with Crippen LogP contribution >= 0.6 is 0 Å². The average Bonchev–Trinajstić information content (AvgIpc) is 3.35. The smallest absolute Gasteiger partial charge is 0.339 e. The number of carbonyl (C=O) groups excluding carboxylic acids is 2. The maximum absolute atomic E-state index is 13.3. The average molecular weight is 478 g/mol. The van der Waals surface area contributed by atoms with Gasteiger partial charge in [-0.3, -0.25) is 4.79 Å². The summed E-state index contributed by atoms with van der Waals surface area (Å²) in [4.78, 5) is 26.4. The standard InChI is InChI=1S/C29H23N3O4/c1-35-24-17-15-21(16-18-24)27(33)28(22-7-3-2-4-8-22)36-29(34)23-13-11-20(12-14-23)19-32-26-10-6-5-9-25(26)30-31-32/h2-18,28H,19H2,1H3/t28-/m1/s1. The Kier molecular flexibility index (Phi) is 6.53. The molecule has 7 nitrogen and oxygen atoms in total. The Morgan fingerprint density at radius 3 is 2.19 bits per heavy atom. The van der Waals surface area contributed by atoms with Gasteiger partial charge in [0.15, 0.2) is 6.10 Å². The third-order valence-corrected chi connectivity index (χ3v) is 5.88. The molecule has 0 aliphatic heterocycles. The second-order valence-corrected chi connectivity index (χ2v) is 8.22. The Bertz CT molecular complexity index is 1490. The van der Waals surface area contributed by atoms with Crippen LogP contribution in [0.4, 0.5) is 0 Å². The number of hydrogen-bond acceptors (Lipinski definition) is 6. The van der Waals surface area contributed by atoms with Crippen molar-refractivity contribution in [3.05, 3.63) is 125 Å². The fourth-order valence-electron chi connectivity index (χ4n) is 3.94. The molecule has 0 aliphatic rings. The highest BCUT2D eigenvalue weighted by molar-refractivity contribution is 6.02. The van der Waals surface area contributed by atoms with Gasteiger partial charge in [-0.05, 0) is 54.1 Å². The van der Waals surface area contributed by atoms with Crippen molar-refractivity contribution in [3.63, 3.8) is 0 Å². The number of methoxy groups -OCH3 is 1. The number of hydrogen-bond donors (Lipinski definition) is 0. The summed E-state index contributed by atoms with van der Waals surface area (Å²) in [6.45, 7) is 0.512. The lowest BCUT2D eigenvalue weighted by Crippen LogP contribution is -2.20. The molecule has 0 amide bonds. The Morgan fingerprint density at radius 1 is 0.806 bits per heavy atom. The van der Waals surface area contributed by atoms with E-state index in [0.717, 1.165) is 16.6 Å². The van der Waals surface area contributed by atoms with Crippen LogP contribution in [-0.2, 0) is 11.3 Å². The maximum Gasteiger partial charge on any atom is 0.339 e. The summed E-state index contributed by atoms with van der Waals surface area (Å²) in [5.41, 5.74) is 4.09. The van der Waals surface area contributed by atoms with Gasteiger partial charge in [0.2, 0.25) is 5.78 Å². The lowest BCUT2D eigenvalue weighted by Gasteiger charge is -2.18. The molecule has 0 N–H and O–H groups in total. The molecule has 0 spiro atoms. The van der Waals surface area contributed by atoms with Gasteiger partial charge in [-0.1, -0.05) is 59.8 Å². The van der Waals surface area contributed by atoms with Crippen molar-refractivity contribution >= 4 is 22.8 Å². The van der Waals surface area contributed by atoms with Crippen LogP contribution in [0.5, 0.6) is 5.75 Å². The van der Waals surface area contributed by atoms with Crippen LogP contribution < -0.4 is 4.74 Å². The fourth-order valence-corrected chi connectivity index (χ4v) is 3.94. The fraction of sp³-hybridized carbons (Fsp3) is 0.103.